The first-order valence-electron chi connectivity index (χ1n) is 5.65. The number of methoxy groups -OCH3 is 1. The van der Waals surface area contributed by atoms with Gasteiger partial charge in [-0.05, 0) is 30.5 Å². The van der Waals surface area contributed by atoms with Crippen LogP contribution in [0.2, 0.25) is 0 Å². The highest BCUT2D eigenvalue weighted by Crippen LogP contribution is 2.19. The standard InChI is InChI=1S/C13H15NO3/c1-17-11-5-2-9(3-6-11)8-10-4-7-12(15)14-13(10)16/h2-3,5-6,10H,4,7-8H2,1H3,(H,14,15,16)/t10-/m0/s1. The first-order valence-corrected chi connectivity index (χ1v) is 5.65. The van der Waals surface area contributed by atoms with E-state index in [1.54, 1.807) is 7.11 Å². The van der Waals surface area contributed by atoms with E-state index in [0.29, 0.717) is 19.3 Å². The van der Waals surface area contributed by atoms with Gasteiger partial charge >= 0.3 is 0 Å². The molecule has 2 rings (SSSR count). The average molecular weight is 233 g/mol. The fraction of sp³-hybridized carbons (Fsp3) is 0.385. The third-order valence-electron chi connectivity index (χ3n) is 2.99. The van der Waals surface area contributed by atoms with Crippen molar-refractivity contribution >= 4 is 11.8 Å². The number of hydrogen-bond acceptors (Lipinski definition) is 3. The van der Waals surface area contributed by atoms with Gasteiger partial charge in [-0.1, -0.05) is 12.1 Å². The zero-order valence-corrected chi connectivity index (χ0v) is 9.73. The van der Waals surface area contributed by atoms with E-state index in [2.05, 4.69) is 5.32 Å². The number of hydrogen-bond donors (Lipinski definition) is 1. The van der Waals surface area contributed by atoms with E-state index in [0.717, 1.165) is 11.3 Å². The molecule has 1 fully saturated rings. The smallest absolute Gasteiger partial charge is 0.230 e. The lowest BCUT2D eigenvalue weighted by Crippen LogP contribution is -2.41. The third kappa shape index (κ3) is 2.84. The number of amides is 2. The fourth-order valence-electron chi connectivity index (χ4n) is 1.98. The molecule has 90 valence electrons. The maximum Gasteiger partial charge on any atom is 0.230 e. The highest BCUT2D eigenvalue weighted by Gasteiger charge is 2.26. The molecule has 1 atom stereocenters. The molecule has 0 unspecified atom stereocenters. The van der Waals surface area contributed by atoms with Crippen LogP contribution in [0.4, 0.5) is 0 Å². The Hall–Kier alpha value is -1.84. The van der Waals surface area contributed by atoms with Crippen LogP contribution in [0.5, 0.6) is 5.75 Å². The predicted octanol–water partition coefficient (Wildman–Crippen LogP) is 1.29. The molecule has 17 heavy (non-hydrogen) atoms. The van der Waals surface area contributed by atoms with Gasteiger partial charge in [-0.15, -0.1) is 0 Å². The summed E-state index contributed by atoms with van der Waals surface area (Å²) in [5.41, 5.74) is 1.08. The molecule has 0 aromatic heterocycles. The summed E-state index contributed by atoms with van der Waals surface area (Å²) in [4.78, 5) is 22.6. The molecule has 0 spiro atoms. The van der Waals surface area contributed by atoms with Gasteiger partial charge in [-0.2, -0.15) is 0 Å². The van der Waals surface area contributed by atoms with E-state index < -0.39 is 0 Å². The largest absolute Gasteiger partial charge is 0.497 e. The second-order valence-electron chi connectivity index (χ2n) is 4.20. The summed E-state index contributed by atoms with van der Waals surface area (Å²) in [6.07, 6.45) is 1.74. The van der Waals surface area contributed by atoms with Crippen LogP contribution < -0.4 is 10.1 Å². The van der Waals surface area contributed by atoms with Gasteiger partial charge in [0, 0.05) is 12.3 Å². The summed E-state index contributed by atoms with van der Waals surface area (Å²) in [7, 11) is 1.62. The lowest BCUT2D eigenvalue weighted by molar-refractivity contribution is -0.136. The van der Waals surface area contributed by atoms with Gasteiger partial charge in [-0.3, -0.25) is 14.9 Å². The van der Waals surface area contributed by atoms with Crippen molar-refractivity contribution in [1.82, 2.24) is 5.32 Å². The summed E-state index contributed by atoms with van der Waals surface area (Å²) in [5.74, 6) is 0.385. The average Bonchev–Trinajstić information content (AvgIpc) is 2.34. The van der Waals surface area contributed by atoms with Gasteiger partial charge in [0.2, 0.25) is 11.8 Å². The Morgan fingerprint density at radius 3 is 2.59 bits per heavy atom. The van der Waals surface area contributed by atoms with Crippen molar-refractivity contribution < 1.29 is 14.3 Å². The monoisotopic (exact) mass is 233 g/mol. The number of rotatable bonds is 3. The first-order chi connectivity index (χ1) is 8.19. The molecule has 1 N–H and O–H groups in total. The van der Waals surface area contributed by atoms with Gasteiger partial charge < -0.3 is 4.74 Å². The van der Waals surface area contributed by atoms with Crippen LogP contribution in [-0.2, 0) is 16.0 Å². The van der Waals surface area contributed by atoms with Crippen molar-refractivity contribution in [1.29, 1.82) is 0 Å². The van der Waals surface area contributed by atoms with Crippen molar-refractivity contribution in [2.45, 2.75) is 19.3 Å². The highest BCUT2D eigenvalue weighted by atomic mass is 16.5. The predicted molar refractivity (Wildman–Crippen MR) is 62.6 cm³/mol. The number of imide groups is 1. The molecule has 2 amide bonds. The van der Waals surface area contributed by atoms with Crippen LogP contribution in [0.15, 0.2) is 24.3 Å². The maximum atomic E-state index is 11.6. The summed E-state index contributed by atoms with van der Waals surface area (Å²) < 4.78 is 5.07. The minimum atomic E-state index is -0.166. The molecule has 1 aromatic carbocycles. The van der Waals surface area contributed by atoms with Gasteiger partial charge in [0.05, 0.1) is 7.11 Å². The first kappa shape index (κ1) is 11.6. The molecule has 1 aliphatic heterocycles. The Bertz CT molecular complexity index is 425. The molecular weight excluding hydrogens is 218 g/mol. The molecule has 0 radical (unpaired) electrons. The Kier molecular flexibility index (Phi) is 3.42. The van der Waals surface area contributed by atoms with Crippen LogP contribution in [-0.4, -0.2) is 18.9 Å². The van der Waals surface area contributed by atoms with Crippen molar-refractivity contribution in [3.63, 3.8) is 0 Å². The lowest BCUT2D eigenvalue weighted by Gasteiger charge is -2.20. The van der Waals surface area contributed by atoms with Gasteiger partial charge in [0.15, 0.2) is 0 Å². The summed E-state index contributed by atoms with van der Waals surface area (Å²) in [6.45, 7) is 0. The Balaban J connectivity index is 2.00. The van der Waals surface area contributed by atoms with E-state index in [4.69, 9.17) is 4.74 Å². The summed E-state index contributed by atoms with van der Waals surface area (Å²) >= 11 is 0. The fourth-order valence-corrected chi connectivity index (χ4v) is 1.98. The van der Waals surface area contributed by atoms with E-state index in [9.17, 15) is 9.59 Å². The second-order valence-corrected chi connectivity index (χ2v) is 4.20. The van der Waals surface area contributed by atoms with Crippen molar-refractivity contribution in [3.05, 3.63) is 29.8 Å². The minimum absolute atomic E-state index is 0.0962. The number of benzene rings is 1. The van der Waals surface area contributed by atoms with Crippen molar-refractivity contribution in [2.75, 3.05) is 7.11 Å². The van der Waals surface area contributed by atoms with Crippen molar-refractivity contribution in [3.8, 4) is 5.75 Å². The molecule has 0 bridgehead atoms. The quantitative estimate of drug-likeness (QED) is 0.800. The number of carbonyl (C=O) groups excluding carboxylic acids is 2. The number of piperidine rings is 1. The number of ether oxygens (including phenoxy) is 1. The number of nitrogens with one attached hydrogen (secondary N) is 1. The molecule has 0 aliphatic carbocycles. The third-order valence-corrected chi connectivity index (χ3v) is 2.99. The molecule has 1 aromatic rings. The van der Waals surface area contributed by atoms with Crippen molar-refractivity contribution in [2.24, 2.45) is 5.92 Å². The lowest BCUT2D eigenvalue weighted by atomic mass is 9.91. The van der Waals surface area contributed by atoms with E-state index in [1.165, 1.54) is 0 Å². The molecule has 4 nitrogen and oxygen atoms in total. The summed E-state index contributed by atoms with van der Waals surface area (Å²) in [6, 6.07) is 7.65. The van der Waals surface area contributed by atoms with Crippen LogP contribution in [0.25, 0.3) is 0 Å². The van der Waals surface area contributed by atoms with Crippen LogP contribution in [0.1, 0.15) is 18.4 Å². The summed E-state index contributed by atoms with van der Waals surface area (Å²) in [5, 5.41) is 2.37. The zero-order valence-electron chi connectivity index (χ0n) is 9.73. The Labute approximate surface area is 100.0 Å². The van der Waals surface area contributed by atoms with E-state index >= 15 is 0 Å². The topological polar surface area (TPSA) is 55.4 Å². The van der Waals surface area contributed by atoms with Crippen LogP contribution in [0, 0.1) is 5.92 Å². The Morgan fingerprint density at radius 2 is 2.00 bits per heavy atom. The van der Waals surface area contributed by atoms with Gasteiger partial charge in [0.1, 0.15) is 5.75 Å². The molecule has 0 saturated carbocycles. The molecular formula is C13H15NO3. The normalized spacial score (nSPS) is 19.9. The van der Waals surface area contributed by atoms with Crippen LogP contribution >= 0.6 is 0 Å². The van der Waals surface area contributed by atoms with Gasteiger partial charge in [-0.25, -0.2) is 0 Å². The number of carbonyl (C=O) groups is 2. The maximum absolute atomic E-state index is 11.6. The molecule has 1 aliphatic rings. The molecule has 1 saturated heterocycles. The highest BCUT2D eigenvalue weighted by molar-refractivity contribution is 5.98. The Morgan fingerprint density at radius 1 is 1.29 bits per heavy atom. The van der Waals surface area contributed by atoms with E-state index in [-0.39, 0.29) is 17.7 Å². The minimum Gasteiger partial charge on any atom is -0.497 e. The SMILES string of the molecule is COc1ccc(C[C@@H]2CCC(=O)NC2=O)cc1. The molecule has 1 heterocycles. The van der Waals surface area contributed by atoms with Crippen LogP contribution in [0.3, 0.4) is 0 Å². The molecule has 4 heteroatoms. The van der Waals surface area contributed by atoms with Gasteiger partial charge in [0.25, 0.3) is 0 Å². The second kappa shape index (κ2) is 4.99. The van der Waals surface area contributed by atoms with E-state index in [1.807, 2.05) is 24.3 Å². The zero-order chi connectivity index (χ0) is 12.3.